The normalized spacial score (nSPS) is 16.3. The maximum atomic E-state index is 12.2. The van der Waals surface area contributed by atoms with Crippen molar-refractivity contribution in [2.75, 3.05) is 26.7 Å². The van der Waals surface area contributed by atoms with Crippen LogP contribution in [-0.4, -0.2) is 55.2 Å². The first kappa shape index (κ1) is 14.0. The smallest absolute Gasteiger partial charge is 0.260 e. The van der Waals surface area contributed by atoms with E-state index in [1.165, 1.54) is 23.6 Å². The number of pyridine rings is 1. The van der Waals surface area contributed by atoms with Crippen molar-refractivity contribution in [3.63, 3.8) is 0 Å². The maximum Gasteiger partial charge on any atom is 0.260 e. The Bertz CT molecular complexity index is 545. The molecule has 0 saturated carbocycles. The summed E-state index contributed by atoms with van der Waals surface area (Å²) >= 11 is 0. The Labute approximate surface area is 113 Å². The van der Waals surface area contributed by atoms with Crippen LogP contribution in [0.15, 0.2) is 29.4 Å². The third-order valence-corrected chi connectivity index (χ3v) is 4.94. The Morgan fingerprint density at radius 2 is 2.21 bits per heavy atom. The van der Waals surface area contributed by atoms with Crippen molar-refractivity contribution in [2.24, 2.45) is 0 Å². The second kappa shape index (κ2) is 5.66. The van der Waals surface area contributed by atoms with Crippen molar-refractivity contribution >= 4 is 15.9 Å². The molecule has 1 aliphatic rings. The van der Waals surface area contributed by atoms with Crippen molar-refractivity contribution in [3.05, 3.63) is 24.4 Å². The van der Waals surface area contributed by atoms with Gasteiger partial charge in [-0.1, -0.05) is 6.07 Å². The fourth-order valence-corrected chi connectivity index (χ4v) is 3.07. The van der Waals surface area contributed by atoms with Crippen LogP contribution in [-0.2, 0) is 14.8 Å². The average Bonchev–Trinajstić information content (AvgIpc) is 2.82. The van der Waals surface area contributed by atoms with E-state index in [4.69, 9.17) is 0 Å². The number of nitrogens with zero attached hydrogens (tertiary/aromatic N) is 3. The zero-order valence-electron chi connectivity index (χ0n) is 10.8. The van der Waals surface area contributed by atoms with E-state index in [1.807, 2.05) is 0 Å². The molecule has 0 atom stereocenters. The standard InChI is InChI=1S/C12H17N3O3S/c1-14(9-10-15-8-4-6-12(15)16)19(17,18)11-5-2-3-7-13-11/h2-3,5,7H,4,6,8-10H2,1H3. The van der Waals surface area contributed by atoms with Gasteiger partial charge in [-0.2, -0.15) is 4.31 Å². The predicted molar refractivity (Wildman–Crippen MR) is 69.9 cm³/mol. The van der Waals surface area contributed by atoms with Crippen LogP contribution in [0.5, 0.6) is 0 Å². The van der Waals surface area contributed by atoms with Crippen molar-refractivity contribution in [1.29, 1.82) is 0 Å². The molecule has 2 heterocycles. The molecule has 104 valence electrons. The van der Waals surface area contributed by atoms with Crippen LogP contribution in [0.2, 0.25) is 0 Å². The third-order valence-electron chi connectivity index (χ3n) is 3.17. The molecule has 1 amide bonds. The minimum absolute atomic E-state index is 0.0326. The van der Waals surface area contributed by atoms with Gasteiger partial charge in [0, 0.05) is 39.3 Å². The summed E-state index contributed by atoms with van der Waals surface area (Å²) in [4.78, 5) is 17.0. The Hall–Kier alpha value is -1.47. The fraction of sp³-hybridized carbons (Fsp3) is 0.500. The molecule has 6 nitrogen and oxygen atoms in total. The molecule has 0 aromatic carbocycles. The Balaban J connectivity index is 1.99. The Morgan fingerprint density at radius 1 is 1.42 bits per heavy atom. The number of likely N-dealkylation sites (tertiary alicyclic amines) is 1. The van der Waals surface area contributed by atoms with E-state index in [9.17, 15) is 13.2 Å². The van der Waals surface area contributed by atoms with Gasteiger partial charge < -0.3 is 4.90 Å². The lowest BCUT2D eigenvalue weighted by atomic mass is 10.4. The quantitative estimate of drug-likeness (QED) is 0.780. The van der Waals surface area contributed by atoms with E-state index in [-0.39, 0.29) is 17.5 Å². The summed E-state index contributed by atoms with van der Waals surface area (Å²) < 4.78 is 25.6. The first-order chi connectivity index (χ1) is 9.01. The largest absolute Gasteiger partial charge is 0.341 e. The molecular weight excluding hydrogens is 266 g/mol. The number of carbonyl (C=O) groups is 1. The van der Waals surface area contributed by atoms with Crippen molar-refractivity contribution in [3.8, 4) is 0 Å². The van der Waals surface area contributed by atoms with E-state index in [0.29, 0.717) is 13.0 Å². The molecule has 0 aliphatic carbocycles. The van der Waals surface area contributed by atoms with Gasteiger partial charge in [-0.05, 0) is 18.6 Å². The van der Waals surface area contributed by atoms with E-state index in [0.717, 1.165) is 13.0 Å². The van der Waals surface area contributed by atoms with Gasteiger partial charge in [0.15, 0.2) is 5.03 Å². The highest BCUT2D eigenvalue weighted by atomic mass is 32.2. The lowest BCUT2D eigenvalue weighted by Crippen LogP contribution is -2.37. The summed E-state index contributed by atoms with van der Waals surface area (Å²) in [6.45, 7) is 1.43. The van der Waals surface area contributed by atoms with Gasteiger partial charge >= 0.3 is 0 Å². The summed E-state index contributed by atoms with van der Waals surface area (Å²) in [5.41, 5.74) is 0. The van der Waals surface area contributed by atoms with Gasteiger partial charge in [-0.3, -0.25) is 4.79 Å². The van der Waals surface area contributed by atoms with E-state index >= 15 is 0 Å². The monoisotopic (exact) mass is 283 g/mol. The minimum atomic E-state index is -3.56. The van der Waals surface area contributed by atoms with Crippen LogP contribution in [0.1, 0.15) is 12.8 Å². The summed E-state index contributed by atoms with van der Waals surface area (Å²) in [5.74, 6) is 0.101. The van der Waals surface area contributed by atoms with Gasteiger partial charge in [0.25, 0.3) is 10.0 Å². The van der Waals surface area contributed by atoms with Crippen molar-refractivity contribution < 1.29 is 13.2 Å². The molecule has 19 heavy (non-hydrogen) atoms. The first-order valence-corrected chi connectivity index (χ1v) is 7.61. The molecule has 1 aromatic heterocycles. The fourth-order valence-electron chi connectivity index (χ4n) is 1.98. The molecule has 7 heteroatoms. The number of aromatic nitrogens is 1. The second-order valence-electron chi connectivity index (χ2n) is 4.48. The number of hydrogen-bond donors (Lipinski definition) is 0. The van der Waals surface area contributed by atoms with Crippen LogP contribution in [0.25, 0.3) is 0 Å². The molecule has 0 radical (unpaired) electrons. The lowest BCUT2D eigenvalue weighted by Gasteiger charge is -2.21. The highest BCUT2D eigenvalue weighted by Crippen LogP contribution is 2.12. The first-order valence-electron chi connectivity index (χ1n) is 6.17. The minimum Gasteiger partial charge on any atom is -0.341 e. The van der Waals surface area contributed by atoms with Gasteiger partial charge in [0.1, 0.15) is 0 Å². The Kier molecular flexibility index (Phi) is 4.16. The molecular formula is C12H17N3O3S. The zero-order chi connectivity index (χ0) is 13.9. The summed E-state index contributed by atoms with van der Waals surface area (Å²) in [7, 11) is -2.06. The number of amides is 1. The summed E-state index contributed by atoms with van der Waals surface area (Å²) in [6.07, 6.45) is 2.87. The molecule has 0 unspecified atom stereocenters. The molecule has 1 aromatic rings. The van der Waals surface area contributed by atoms with Crippen molar-refractivity contribution in [2.45, 2.75) is 17.9 Å². The van der Waals surface area contributed by atoms with Gasteiger partial charge in [-0.15, -0.1) is 0 Å². The van der Waals surface area contributed by atoms with Crippen LogP contribution >= 0.6 is 0 Å². The third kappa shape index (κ3) is 3.10. The summed E-state index contributed by atoms with van der Waals surface area (Å²) in [5, 5.41) is 0.0326. The molecule has 0 bridgehead atoms. The molecule has 0 spiro atoms. The predicted octanol–water partition coefficient (Wildman–Crippen LogP) is 0.324. The van der Waals surface area contributed by atoms with Gasteiger partial charge in [0.05, 0.1) is 0 Å². The summed E-state index contributed by atoms with van der Waals surface area (Å²) in [6, 6.07) is 4.77. The molecule has 1 aliphatic heterocycles. The van der Waals surface area contributed by atoms with E-state index in [1.54, 1.807) is 17.0 Å². The zero-order valence-corrected chi connectivity index (χ0v) is 11.6. The van der Waals surface area contributed by atoms with E-state index in [2.05, 4.69) is 4.98 Å². The maximum absolute atomic E-state index is 12.2. The van der Waals surface area contributed by atoms with Crippen molar-refractivity contribution in [1.82, 2.24) is 14.2 Å². The van der Waals surface area contributed by atoms with Crippen LogP contribution < -0.4 is 0 Å². The van der Waals surface area contributed by atoms with Crippen LogP contribution in [0.3, 0.4) is 0 Å². The lowest BCUT2D eigenvalue weighted by molar-refractivity contribution is -0.127. The number of rotatable bonds is 5. The Morgan fingerprint density at radius 3 is 2.79 bits per heavy atom. The number of likely N-dealkylation sites (N-methyl/N-ethyl adjacent to an activating group) is 1. The molecule has 0 N–H and O–H groups in total. The number of sulfonamides is 1. The average molecular weight is 283 g/mol. The second-order valence-corrected chi connectivity index (χ2v) is 6.47. The SMILES string of the molecule is CN(CCN1CCCC1=O)S(=O)(=O)c1ccccn1. The number of hydrogen-bond acceptors (Lipinski definition) is 4. The molecule has 1 saturated heterocycles. The van der Waals surface area contributed by atoms with Crippen LogP contribution in [0, 0.1) is 0 Å². The highest BCUT2D eigenvalue weighted by Gasteiger charge is 2.25. The highest BCUT2D eigenvalue weighted by molar-refractivity contribution is 7.89. The van der Waals surface area contributed by atoms with Gasteiger partial charge in [-0.25, -0.2) is 13.4 Å². The topological polar surface area (TPSA) is 70.6 Å². The molecule has 1 fully saturated rings. The van der Waals surface area contributed by atoms with Gasteiger partial charge in [0.2, 0.25) is 5.91 Å². The van der Waals surface area contributed by atoms with E-state index < -0.39 is 10.0 Å². The molecule has 2 rings (SSSR count). The van der Waals surface area contributed by atoms with Crippen LogP contribution in [0.4, 0.5) is 0 Å². The number of carbonyl (C=O) groups excluding carboxylic acids is 1.